The molecule has 1 fully saturated rings. The number of likely N-dealkylation sites (tertiary alicyclic amines) is 1. The van der Waals surface area contributed by atoms with Crippen LogP contribution in [0.25, 0.3) is 11.0 Å². The lowest BCUT2D eigenvalue weighted by Crippen LogP contribution is -2.35. The van der Waals surface area contributed by atoms with Crippen molar-refractivity contribution in [1.29, 1.82) is 0 Å². The summed E-state index contributed by atoms with van der Waals surface area (Å²) >= 11 is 0. The molecule has 0 aliphatic carbocycles. The van der Waals surface area contributed by atoms with Crippen LogP contribution in [-0.4, -0.2) is 52.9 Å². The highest BCUT2D eigenvalue weighted by atomic mass is 19.4. The van der Waals surface area contributed by atoms with E-state index in [4.69, 9.17) is 4.98 Å². The Kier molecular flexibility index (Phi) is 6.24. The Morgan fingerprint density at radius 2 is 1.88 bits per heavy atom. The van der Waals surface area contributed by atoms with Crippen molar-refractivity contribution in [2.24, 2.45) is 7.05 Å². The van der Waals surface area contributed by atoms with Crippen LogP contribution in [0.5, 0.6) is 0 Å². The van der Waals surface area contributed by atoms with Gasteiger partial charge < -0.3 is 19.7 Å². The van der Waals surface area contributed by atoms with Gasteiger partial charge in [0.1, 0.15) is 0 Å². The molecule has 2 heterocycles. The first kappa shape index (κ1) is 23.6. The number of anilines is 2. The molecule has 34 heavy (non-hydrogen) atoms. The van der Waals surface area contributed by atoms with Gasteiger partial charge in [-0.2, -0.15) is 13.2 Å². The summed E-state index contributed by atoms with van der Waals surface area (Å²) in [5, 5.41) is 2.85. The number of rotatable bonds is 6. The summed E-state index contributed by atoms with van der Waals surface area (Å²) in [6.07, 6.45) is -3.45. The monoisotopic (exact) mass is 473 g/mol. The van der Waals surface area contributed by atoms with Crippen LogP contribution >= 0.6 is 0 Å². The quantitative estimate of drug-likeness (QED) is 0.591. The molecule has 4 rings (SSSR count). The van der Waals surface area contributed by atoms with Crippen molar-refractivity contribution >= 4 is 34.5 Å². The molecule has 1 unspecified atom stereocenters. The van der Waals surface area contributed by atoms with Crippen LogP contribution in [0.2, 0.25) is 0 Å². The first-order chi connectivity index (χ1) is 16.0. The number of nitrogens with zero attached hydrogens (tertiary/aromatic N) is 4. The maximum Gasteiger partial charge on any atom is 0.416 e. The van der Waals surface area contributed by atoms with Crippen LogP contribution in [-0.2, 0) is 29.2 Å². The minimum atomic E-state index is -4.38. The Morgan fingerprint density at radius 3 is 2.50 bits per heavy atom. The zero-order valence-electron chi connectivity index (χ0n) is 19.2. The molecule has 0 radical (unpaired) electrons. The fourth-order valence-electron chi connectivity index (χ4n) is 4.17. The third-order valence-electron chi connectivity index (χ3n) is 6.25. The largest absolute Gasteiger partial charge is 0.416 e. The Hall–Kier alpha value is -3.56. The topological polar surface area (TPSA) is 70.5 Å². The van der Waals surface area contributed by atoms with Crippen molar-refractivity contribution in [2.75, 3.05) is 30.9 Å². The first-order valence-electron chi connectivity index (χ1n) is 10.9. The number of fused-ring (bicyclic) bond motifs is 1. The predicted molar refractivity (Wildman–Crippen MR) is 124 cm³/mol. The van der Waals surface area contributed by atoms with Crippen LogP contribution in [0.4, 0.5) is 24.8 Å². The Labute approximate surface area is 195 Å². The van der Waals surface area contributed by atoms with Gasteiger partial charge in [0.25, 0.3) is 0 Å². The third-order valence-corrected chi connectivity index (χ3v) is 6.25. The van der Waals surface area contributed by atoms with Crippen molar-refractivity contribution in [3.05, 3.63) is 53.6 Å². The number of halogens is 3. The molecule has 1 N–H and O–H groups in total. The summed E-state index contributed by atoms with van der Waals surface area (Å²) in [5.41, 5.74) is 2.17. The van der Waals surface area contributed by atoms with Gasteiger partial charge in [0.15, 0.2) is 0 Å². The Balaban J connectivity index is 1.41. The van der Waals surface area contributed by atoms with E-state index in [-0.39, 0.29) is 24.3 Å². The molecule has 0 spiro atoms. The number of carbonyl (C=O) groups excluding carboxylic acids is 2. The van der Waals surface area contributed by atoms with Gasteiger partial charge in [-0.3, -0.25) is 9.59 Å². The van der Waals surface area contributed by atoms with Crippen LogP contribution in [0.3, 0.4) is 0 Å². The van der Waals surface area contributed by atoms with Gasteiger partial charge >= 0.3 is 6.18 Å². The molecule has 180 valence electrons. The van der Waals surface area contributed by atoms with E-state index in [0.717, 1.165) is 29.1 Å². The molecule has 2 aromatic carbocycles. The van der Waals surface area contributed by atoms with Gasteiger partial charge in [0, 0.05) is 46.2 Å². The first-order valence-corrected chi connectivity index (χ1v) is 10.9. The molecule has 3 aromatic rings. The summed E-state index contributed by atoms with van der Waals surface area (Å²) in [6.45, 7) is 0.638. The van der Waals surface area contributed by atoms with Crippen molar-refractivity contribution in [3.8, 4) is 0 Å². The van der Waals surface area contributed by atoms with E-state index >= 15 is 0 Å². The van der Waals surface area contributed by atoms with Crippen LogP contribution in [0.1, 0.15) is 24.0 Å². The van der Waals surface area contributed by atoms with E-state index in [2.05, 4.69) is 5.32 Å². The molecule has 0 bridgehead atoms. The lowest BCUT2D eigenvalue weighted by Gasteiger charge is -2.24. The maximum absolute atomic E-state index is 12.7. The number of aromatic nitrogens is 2. The van der Waals surface area contributed by atoms with Crippen molar-refractivity contribution in [3.63, 3.8) is 0 Å². The van der Waals surface area contributed by atoms with Crippen molar-refractivity contribution < 1.29 is 22.8 Å². The van der Waals surface area contributed by atoms with Gasteiger partial charge in [0.2, 0.25) is 17.8 Å². The molecular formula is C24H26F3N5O2. The second kappa shape index (κ2) is 9.00. The van der Waals surface area contributed by atoms with Crippen LogP contribution in [0, 0.1) is 0 Å². The second-order valence-electron chi connectivity index (χ2n) is 8.66. The van der Waals surface area contributed by atoms with E-state index in [1.807, 2.05) is 35.7 Å². The molecule has 1 saturated heterocycles. The standard InChI is InChI=1S/C24H26F3N5O2/c1-30-14-18(13-22(30)34)31(2)23-29-19-10-9-17(12-20(19)32(23)3)28-21(33)11-6-15-4-7-16(8-5-15)24(25,26)27/h4-5,7-10,12,18H,6,11,13-14H2,1-3H3,(H,28,33). The van der Waals surface area contributed by atoms with Crippen LogP contribution in [0.15, 0.2) is 42.5 Å². The minimum absolute atomic E-state index is 0.0392. The average Bonchev–Trinajstić information content (AvgIpc) is 3.30. The van der Waals surface area contributed by atoms with Gasteiger partial charge in [-0.1, -0.05) is 12.1 Å². The minimum Gasteiger partial charge on any atom is -0.344 e. The number of likely N-dealkylation sites (N-methyl/N-ethyl adjacent to an activating group) is 2. The van der Waals surface area contributed by atoms with E-state index in [0.29, 0.717) is 30.6 Å². The highest BCUT2D eigenvalue weighted by Crippen LogP contribution is 2.29. The fourth-order valence-corrected chi connectivity index (χ4v) is 4.17. The van der Waals surface area contributed by atoms with Gasteiger partial charge in [-0.15, -0.1) is 0 Å². The smallest absolute Gasteiger partial charge is 0.344 e. The van der Waals surface area contributed by atoms with Gasteiger partial charge in [0.05, 0.1) is 22.6 Å². The Bertz CT molecular complexity index is 1220. The molecular weight excluding hydrogens is 447 g/mol. The number of carbonyl (C=O) groups is 2. The fraction of sp³-hybridized carbons (Fsp3) is 0.375. The molecule has 10 heteroatoms. The summed E-state index contributed by atoms with van der Waals surface area (Å²) in [5.74, 6) is 0.608. The third kappa shape index (κ3) is 4.85. The zero-order chi connectivity index (χ0) is 24.6. The zero-order valence-corrected chi connectivity index (χ0v) is 19.2. The summed E-state index contributed by atoms with van der Waals surface area (Å²) in [4.78, 5) is 32.7. The molecule has 1 aromatic heterocycles. The molecule has 7 nitrogen and oxygen atoms in total. The van der Waals surface area contributed by atoms with E-state index in [1.165, 1.54) is 12.1 Å². The molecule has 1 atom stereocenters. The normalized spacial score (nSPS) is 16.4. The number of hydrogen-bond acceptors (Lipinski definition) is 4. The van der Waals surface area contributed by atoms with E-state index in [1.54, 1.807) is 18.0 Å². The maximum atomic E-state index is 12.7. The van der Waals surface area contributed by atoms with Crippen molar-refractivity contribution in [1.82, 2.24) is 14.5 Å². The number of nitrogens with one attached hydrogen (secondary N) is 1. The van der Waals surface area contributed by atoms with Crippen LogP contribution < -0.4 is 10.2 Å². The highest BCUT2D eigenvalue weighted by molar-refractivity contribution is 5.93. The number of hydrogen-bond donors (Lipinski definition) is 1. The van der Waals surface area contributed by atoms with Crippen molar-refractivity contribution in [2.45, 2.75) is 31.5 Å². The number of amides is 2. The number of aryl methyl sites for hydroxylation is 2. The Morgan fingerprint density at radius 1 is 1.18 bits per heavy atom. The van der Waals surface area contributed by atoms with Gasteiger partial charge in [-0.25, -0.2) is 4.98 Å². The second-order valence-corrected chi connectivity index (χ2v) is 8.66. The highest BCUT2D eigenvalue weighted by Gasteiger charge is 2.32. The predicted octanol–water partition coefficient (Wildman–Crippen LogP) is 3.83. The molecule has 2 amide bonds. The molecule has 1 aliphatic heterocycles. The lowest BCUT2D eigenvalue weighted by molar-refractivity contribution is -0.137. The SMILES string of the molecule is CN1CC(N(C)c2nc3ccc(NC(=O)CCc4ccc(C(F)(F)F)cc4)cc3n2C)CC1=O. The van der Waals surface area contributed by atoms with E-state index < -0.39 is 11.7 Å². The average molecular weight is 473 g/mol. The summed E-state index contributed by atoms with van der Waals surface area (Å²) in [7, 11) is 5.59. The number of benzene rings is 2. The van der Waals surface area contributed by atoms with E-state index in [9.17, 15) is 22.8 Å². The summed E-state index contributed by atoms with van der Waals surface area (Å²) < 4.78 is 40.0. The number of imidazole rings is 1. The lowest BCUT2D eigenvalue weighted by atomic mass is 10.1. The molecule has 0 saturated carbocycles. The summed E-state index contributed by atoms with van der Waals surface area (Å²) in [6, 6.07) is 10.3. The van der Waals surface area contributed by atoms with Gasteiger partial charge in [-0.05, 0) is 42.3 Å². The molecule has 1 aliphatic rings. The number of alkyl halides is 3.